The molecule has 0 spiro atoms. The zero-order chi connectivity index (χ0) is 11.1. The predicted octanol–water partition coefficient (Wildman–Crippen LogP) is -0.276. The van der Waals surface area contributed by atoms with Gasteiger partial charge in [0.1, 0.15) is 0 Å². The van der Waals surface area contributed by atoms with Gasteiger partial charge in [0, 0.05) is 39.3 Å². The fourth-order valence-electron chi connectivity index (χ4n) is 1.95. The third-order valence-corrected chi connectivity index (χ3v) is 3.03. The molecule has 1 heterocycles. The Morgan fingerprint density at radius 3 is 2.33 bits per heavy atom. The average molecular weight is 215 g/mol. The van der Waals surface area contributed by atoms with E-state index < -0.39 is 0 Å². The van der Waals surface area contributed by atoms with E-state index in [1.165, 1.54) is 19.4 Å². The number of hydrogen-bond donors (Lipinski definition) is 2. The molecule has 15 heavy (non-hydrogen) atoms. The number of hydrogen-bond acceptors (Lipinski definition) is 4. The number of unbranched alkanes of at least 4 members (excludes halogenated alkanes) is 1. The van der Waals surface area contributed by atoms with Gasteiger partial charge in [-0.25, -0.2) is 0 Å². The van der Waals surface area contributed by atoms with Crippen molar-refractivity contribution in [2.75, 3.05) is 45.8 Å². The van der Waals surface area contributed by atoms with Crippen LogP contribution in [0.1, 0.15) is 19.8 Å². The van der Waals surface area contributed by atoms with Gasteiger partial charge < -0.3 is 15.7 Å². The largest absolute Gasteiger partial charge is 0.390 e. The van der Waals surface area contributed by atoms with Crippen LogP contribution in [0.2, 0.25) is 0 Å². The molecule has 0 aromatic heterocycles. The minimum Gasteiger partial charge on any atom is -0.390 e. The topological polar surface area (TPSA) is 52.7 Å². The van der Waals surface area contributed by atoms with E-state index in [1.807, 2.05) is 0 Å². The Kier molecular flexibility index (Phi) is 6.17. The Morgan fingerprint density at radius 2 is 1.80 bits per heavy atom. The summed E-state index contributed by atoms with van der Waals surface area (Å²) in [4.78, 5) is 4.81. The number of β-amino-alcohol motifs (C(OH)–C–C–N with tert-alkyl or cyclic N) is 1. The Bertz CT molecular complexity index is 158. The lowest BCUT2D eigenvalue weighted by Gasteiger charge is -2.35. The van der Waals surface area contributed by atoms with E-state index in [0.717, 1.165) is 32.7 Å². The standard InChI is InChI=1S/C11H25N3O/c1-2-3-4-13-5-7-14(8-6-13)10-11(15)9-12/h11,15H,2-10,12H2,1H3. The van der Waals surface area contributed by atoms with E-state index >= 15 is 0 Å². The molecule has 0 saturated carbocycles. The van der Waals surface area contributed by atoms with Crippen LogP contribution in [0.5, 0.6) is 0 Å². The van der Waals surface area contributed by atoms with Crippen molar-refractivity contribution < 1.29 is 5.11 Å². The highest BCUT2D eigenvalue weighted by atomic mass is 16.3. The molecule has 0 radical (unpaired) electrons. The molecule has 4 nitrogen and oxygen atoms in total. The van der Waals surface area contributed by atoms with Crippen LogP contribution in [-0.2, 0) is 0 Å². The quantitative estimate of drug-likeness (QED) is 0.640. The van der Waals surface area contributed by atoms with Gasteiger partial charge in [-0.15, -0.1) is 0 Å². The molecule has 0 aromatic carbocycles. The Morgan fingerprint density at radius 1 is 1.20 bits per heavy atom. The molecule has 0 bridgehead atoms. The zero-order valence-corrected chi connectivity index (χ0v) is 9.86. The van der Waals surface area contributed by atoms with Crippen LogP contribution in [0.15, 0.2) is 0 Å². The molecule has 4 heteroatoms. The number of aliphatic hydroxyl groups excluding tert-OH is 1. The fourth-order valence-corrected chi connectivity index (χ4v) is 1.95. The minimum absolute atomic E-state index is 0.354. The van der Waals surface area contributed by atoms with Gasteiger partial charge >= 0.3 is 0 Å². The molecule has 1 rings (SSSR count). The highest BCUT2D eigenvalue weighted by Gasteiger charge is 2.17. The Balaban J connectivity index is 2.12. The van der Waals surface area contributed by atoms with E-state index in [9.17, 15) is 5.11 Å². The zero-order valence-electron chi connectivity index (χ0n) is 9.86. The van der Waals surface area contributed by atoms with Crippen molar-refractivity contribution in [1.82, 2.24) is 9.80 Å². The third kappa shape index (κ3) is 4.93. The van der Waals surface area contributed by atoms with Gasteiger partial charge in [-0.1, -0.05) is 13.3 Å². The van der Waals surface area contributed by atoms with Crippen molar-refractivity contribution in [2.24, 2.45) is 5.73 Å². The fraction of sp³-hybridized carbons (Fsp3) is 1.00. The van der Waals surface area contributed by atoms with Crippen LogP contribution >= 0.6 is 0 Å². The summed E-state index contributed by atoms with van der Waals surface area (Å²) in [5.41, 5.74) is 5.40. The molecule has 1 unspecified atom stereocenters. The summed E-state index contributed by atoms with van der Waals surface area (Å²) in [6.45, 7) is 8.97. The molecule has 0 aliphatic carbocycles. The van der Waals surface area contributed by atoms with E-state index in [1.54, 1.807) is 0 Å². The second kappa shape index (κ2) is 7.17. The van der Waals surface area contributed by atoms with Gasteiger partial charge in [0.2, 0.25) is 0 Å². The van der Waals surface area contributed by atoms with Crippen molar-refractivity contribution in [3.8, 4) is 0 Å². The molecule has 3 N–H and O–H groups in total. The molecular weight excluding hydrogens is 190 g/mol. The first kappa shape index (κ1) is 12.9. The van der Waals surface area contributed by atoms with Gasteiger partial charge in [0.25, 0.3) is 0 Å². The van der Waals surface area contributed by atoms with Crippen molar-refractivity contribution in [3.63, 3.8) is 0 Å². The second-order valence-electron chi connectivity index (χ2n) is 4.39. The maximum atomic E-state index is 9.44. The first-order chi connectivity index (χ1) is 7.26. The van der Waals surface area contributed by atoms with Crippen molar-refractivity contribution in [2.45, 2.75) is 25.9 Å². The third-order valence-electron chi connectivity index (χ3n) is 3.03. The number of nitrogens with two attached hydrogens (primary N) is 1. The van der Waals surface area contributed by atoms with Crippen LogP contribution in [0, 0.1) is 0 Å². The van der Waals surface area contributed by atoms with Crippen molar-refractivity contribution >= 4 is 0 Å². The average Bonchev–Trinajstić information content (AvgIpc) is 2.28. The molecule has 1 atom stereocenters. The lowest BCUT2D eigenvalue weighted by atomic mass is 10.2. The summed E-state index contributed by atoms with van der Waals surface area (Å²) in [5, 5.41) is 9.44. The van der Waals surface area contributed by atoms with Gasteiger partial charge in [-0.05, 0) is 13.0 Å². The summed E-state index contributed by atoms with van der Waals surface area (Å²) in [7, 11) is 0. The van der Waals surface area contributed by atoms with Crippen LogP contribution in [0.25, 0.3) is 0 Å². The molecule has 1 saturated heterocycles. The monoisotopic (exact) mass is 215 g/mol. The van der Waals surface area contributed by atoms with Crippen LogP contribution in [0.3, 0.4) is 0 Å². The van der Waals surface area contributed by atoms with E-state index in [0.29, 0.717) is 6.54 Å². The lowest BCUT2D eigenvalue weighted by Crippen LogP contribution is -2.49. The van der Waals surface area contributed by atoms with E-state index in [4.69, 9.17) is 5.73 Å². The molecular formula is C11H25N3O. The predicted molar refractivity (Wildman–Crippen MR) is 62.8 cm³/mol. The highest BCUT2D eigenvalue weighted by molar-refractivity contribution is 4.74. The molecule has 1 aliphatic rings. The van der Waals surface area contributed by atoms with Crippen LogP contribution in [0.4, 0.5) is 0 Å². The van der Waals surface area contributed by atoms with E-state index in [2.05, 4.69) is 16.7 Å². The molecule has 90 valence electrons. The van der Waals surface area contributed by atoms with Gasteiger partial charge in [0.15, 0.2) is 0 Å². The number of aliphatic hydroxyl groups is 1. The summed E-state index contributed by atoms with van der Waals surface area (Å²) in [6.07, 6.45) is 2.21. The smallest absolute Gasteiger partial charge is 0.0789 e. The van der Waals surface area contributed by atoms with E-state index in [-0.39, 0.29) is 6.10 Å². The molecule has 1 fully saturated rings. The Hall–Kier alpha value is -0.160. The molecule has 1 aliphatic heterocycles. The van der Waals surface area contributed by atoms with Gasteiger partial charge in [0.05, 0.1) is 6.10 Å². The summed E-state index contributed by atoms with van der Waals surface area (Å²) < 4.78 is 0. The second-order valence-corrected chi connectivity index (χ2v) is 4.39. The summed E-state index contributed by atoms with van der Waals surface area (Å²) in [6, 6.07) is 0. The normalized spacial score (nSPS) is 21.8. The number of rotatable bonds is 6. The summed E-state index contributed by atoms with van der Waals surface area (Å²) >= 11 is 0. The summed E-state index contributed by atoms with van der Waals surface area (Å²) in [5.74, 6) is 0. The number of nitrogens with zero attached hydrogens (tertiary/aromatic N) is 2. The maximum Gasteiger partial charge on any atom is 0.0789 e. The minimum atomic E-state index is -0.354. The maximum absolute atomic E-state index is 9.44. The molecule has 0 amide bonds. The molecule has 0 aromatic rings. The first-order valence-corrected chi connectivity index (χ1v) is 6.09. The lowest BCUT2D eigenvalue weighted by molar-refractivity contribution is 0.0760. The number of piperazine rings is 1. The van der Waals surface area contributed by atoms with Gasteiger partial charge in [-0.2, -0.15) is 0 Å². The van der Waals surface area contributed by atoms with Gasteiger partial charge in [-0.3, -0.25) is 4.90 Å². The van der Waals surface area contributed by atoms with Crippen molar-refractivity contribution in [3.05, 3.63) is 0 Å². The SMILES string of the molecule is CCCCN1CCN(CC(O)CN)CC1. The van der Waals surface area contributed by atoms with Crippen LogP contribution in [-0.4, -0.2) is 66.8 Å². The Labute approximate surface area is 93.0 Å². The highest BCUT2D eigenvalue weighted by Crippen LogP contribution is 2.03. The first-order valence-electron chi connectivity index (χ1n) is 6.09. The van der Waals surface area contributed by atoms with Crippen LogP contribution < -0.4 is 5.73 Å². The van der Waals surface area contributed by atoms with Crippen molar-refractivity contribution in [1.29, 1.82) is 0 Å².